The molecular weight excluding hydrogens is 318 g/mol. The Bertz CT molecular complexity index is 574. The standard InChI is InChI=1S/C16H22ClN3O3/c1-19(11-15(21)20-7-5-18-6-8-20)10-13-9-12(16(22)23-2)3-4-14(13)17/h3-4,9,18H,5-8,10-11H2,1-2H3. The number of piperazine rings is 1. The molecular formula is C16H22ClN3O3. The molecule has 1 fully saturated rings. The van der Waals surface area contributed by atoms with Gasteiger partial charge in [-0.3, -0.25) is 9.69 Å². The van der Waals surface area contributed by atoms with E-state index in [1.165, 1.54) is 7.11 Å². The molecule has 1 heterocycles. The lowest BCUT2D eigenvalue weighted by Gasteiger charge is -2.29. The van der Waals surface area contributed by atoms with E-state index in [0.29, 0.717) is 23.7 Å². The molecule has 0 unspecified atom stereocenters. The minimum absolute atomic E-state index is 0.106. The Hall–Kier alpha value is -1.63. The second-order valence-electron chi connectivity index (χ2n) is 5.60. The Balaban J connectivity index is 1.97. The number of amides is 1. The Morgan fingerprint density at radius 3 is 2.70 bits per heavy atom. The molecule has 2 rings (SSSR count). The van der Waals surface area contributed by atoms with E-state index in [0.717, 1.165) is 31.7 Å². The summed E-state index contributed by atoms with van der Waals surface area (Å²) in [7, 11) is 3.20. The van der Waals surface area contributed by atoms with Crippen molar-refractivity contribution in [1.29, 1.82) is 0 Å². The van der Waals surface area contributed by atoms with Gasteiger partial charge in [-0.05, 0) is 30.8 Å². The second-order valence-corrected chi connectivity index (χ2v) is 6.01. The van der Waals surface area contributed by atoms with Crippen LogP contribution in [0.1, 0.15) is 15.9 Å². The molecule has 1 saturated heterocycles. The molecule has 1 aromatic carbocycles. The molecule has 1 aromatic rings. The summed E-state index contributed by atoms with van der Waals surface area (Å²) in [5.41, 5.74) is 1.25. The first kappa shape index (κ1) is 17.7. The minimum Gasteiger partial charge on any atom is -0.465 e. The molecule has 6 nitrogen and oxygen atoms in total. The van der Waals surface area contributed by atoms with Gasteiger partial charge in [0.15, 0.2) is 0 Å². The van der Waals surface area contributed by atoms with E-state index >= 15 is 0 Å². The molecule has 0 saturated carbocycles. The zero-order valence-electron chi connectivity index (χ0n) is 13.5. The lowest BCUT2D eigenvalue weighted by atomic mass is 10.1. The molecule has 0 aromatic heterocycles. The summed E-state index contributed by atoms with van der Waals surface area (Å²) in [6.45, 7) is 3.96. The zero-order chi connectivity index (χ0) is 16.8. The monoisotopic (exact) mass is 339 g/mol. The van der Waals surface area contributed by atoms with E-state index in [1.54, 1.807) is 18.2 Å². The van der Waals surface area contributed by atoms with Crippen LogP contribution < -0.4 is 5.32 Å². The quantitative estimate of drug-likeness (QED) is 0.811. The van der Waals surface area contributed by atoms with E-state index in [1.807, 2.05) is 16.8 Å². The number of halogens is 1. The third-order valence-corrected chi connectivity index (χ3v) is 4.15. The van der Waals surface area contributed by atoms with Crippen LogP contribution in [0.4, 0.5) is 0 Å². The van der Waals surface area contributed by atoms with Crippen molar-refractivity contribution < 1.29 is 14.3 Å². The van der Waals surface area contributed by atoms with Crippen molar-refractivity contribution in [3.8, 4) is 0 Å². The average molecular weight is 340 g/mol. The van der Waals surface area contributed by atoms with Crippen molar-refractivity contribution in [2.75, 3.05) is 46.9 Å². The van der Waals surface area contributed by atoms with Gasteiger partial charge in [-0.2, -0.15) is 0 Å². The van der Waals surface area contributed by atoms with Gasteiger partial charge >= 0.3 is 5.97 Å². The third kappa shape index (κ3) is 4.92. The topological polar surface area (TPSA) is 61.9 Å². The first-order valence-electron chi connectivity index (χ1n) is 7.55. The van der Waals surface area contributed by atoms with Crippen LogP contribution in [-0.4, -0.2) is 68.6 Å². The Labute approximate surface area is 141 Å². The summed E-state index contributed by atoms with van der Waals surface area (Å²) < 4.78 is 4.72. The number of likely N-dealkylation sites (N-methyl/N-ethyl adjacent to an activating group) is 1. The van der Waals surface area contributed by atoms with E-state index < -0.39 is 5.97 Å². The smallest absolute Gasteiger partial charge is 0.337 e. The van der Waals surface area contributed by atoms with E-state index in [9.17, 15) is 9.59 Å². The summed E-state index contributed by atoms with van der Waals surface area (Å²) >= 11 is 6.19. The molecule has 126 valence electrons. The molecule has 1 N–H and O–H groups in total. The maximum Gasteiger partial charge on any atom is 0.337 e. The molecule has 23 heavy (non-hydrogen) atoms. The highest BCUT2D eigenvalue weighted by Crippen LogP contribution is 2.19. The highest BCUT2D eigenvalue weighted by molar-refractivity contribution is 6.31. The highest BCUT2D eigenvalue weighted by Gasteiger charge is 2.18. The average Bonchev–Trinajstić information content (AvgIpc) is 2.56. The van der Waals surface area contributed by atoms with Crippen molar-refractivity contribution in [2.45, 2.75) is 6.54 Å². The summed E-state index contributed by atoms with van der Waals surface area (Å²) in [4.78, 5) is 27.6. The van der Waals surface area contributed by atoms with E-state index in [4.69, 9.17) is 16.3 Å². The molecule has 0 aliphatic carbocycles. The van der Waals surface area contributed by atoms with Crippen molar-refractivity contribution in [3.05, 3.63) is 34.3 Å². The maximum atomic E-state index is 12.3. The van der Waals surface area contributed by atoms with Crippen molar-refractivity contribution >= 4 is 23.5 Å². The molecule has 0 radical (unpaired) electrons. The number of carbonyl (C=O) groups excluding carboxylic acids is 2. The zero-order valence-corrected chi connectivity index (χ0v) is 14.2. The number of methoxy groups -OCH3 is 1. The van der Waals surface area contributed by atoms with Crippen LogP contribution in [0.2, 0.25) is 5.02 Å². The fraction of sp³-hybridized carbons (Fsp3) is 0.500. The lowest BCUT2D eigenvalue weighted by molar-refractivity contribution is -0.132. The van der Waals surface area contributed by atoms with Gasteiger partial charge in [0.1, 0.15) is 0 Å². The van der Waals surface area contributed by atoms with Gasteiger partial charge in [-0.25, -0.2) is 4.79 Å². The van der Waals surface area contributed by atoms with Gasteiger partial charge in [0.2, 0.25) is 5.91 Å². The van der Waals surface area contributed by atoms with Gasteiger partial charge in [0.05, 0.1) is 19.2 Å². The van der Waals surface area contributed by atoms with E-state index in [2.05, 4.69) is 5.32 Å². The predicted octanol–water partition coefficient (Wildman–Crippen LogP) is 0.990. The Kier molecular flexibility index (Phi) is 6.38. The molecule has 1 aliphatic rings. The maximum absolute atomic E-state index is 12.3. The number of hydrogen-bond acceptors (Lipinski definition) is 5. The van der Waals surface area contributed by atoms with Crippen LogP contribution in [0.15, 0.2) is 18.2 Å². The minimum atomic E-state index is -0.400. The summed E-state index contributed by atoms with van der Waals surface area (Å²) in [6.07, 6.45) is 0. The van der Waals surface area contributed by atoms with Crippen LogP contribution in [0, 0.1) is 0 Å². The third-order valence-electron chi connectivity index (χ3n) is 3.78. The number of carbonyl (C=O) groups is 2. The largest absolute Gasteiger partial charge is 0.465 e. The summed E-state index contributed by atoms with van der Waals surface area (Å²) in [5, 5.41) is 3.79. The van der Waals surface area contributed by atoms with Crippen molar-refractivity contribution in [1.82, 2.24) is 15.1 Å². The van der Waals surface area contributed by atoms with Gasteiger partial charge in [-0.15, -0.1) is 0 Å². The Morgan fingerprint density at radius 2 is 2.04 bits per heavy atom. The number of benzene rings is 1. The van der Waals surface area contributed by atoms with Gasteiger partial charge < -0.3 is 15.0 Å². The summed E-state index contributed by atoms with van der Waals surface area (Å²) in [6, 6.07) is 5.01. The van der Waals surface area contributed by atoms with Crippen LogP contribution >= 0.6 is 11.6 Å². The number of hydrogen-bond donors (Lipinski definition) is 1. The number of ether oxygens (including phenoxy) is 1. The fourth-order valence-electron chi connectivity index (χ4n) is 2.53. The van der Waals surface area contributed by atoms with Crippen LogP contribution in [0.5, 0.6) is 0 Å². The van der Waals surface area contributed by atoms with Crippen molar-refractivity contribution in [3.63, 3.8) is 0 Å². The molecule has 0 bridgehead atoms. The number of rotatable bonds is 5. The number of nitrogens with one attached hydrogen (secondary N) is 1. The molecule has 1 aliphatic heterocycles. The van der Waals surface area contributed by atoms with Crippen LogP contribution in [0.25, 0.3) is 0 Å². The molecule has 0 atom stereocenters. The molecule has 0 spiro atoms. The first-order chi connectivity index (χ1) is 11.0. The SMILES string of the molecule is COC(=O)c1ccc(Cl)c(CN(C)CC(=O)N2CCNCC2)c1. The van der Waals surface area contributed by atoms with E-state index in [-0.39, 0.29) is 5.91 Å². The van der Waals surface area contributed by atoms with Gasteiger partial charge in [-0.1, -0.05) is 11.6 Å². The van der Waals surface area contributed by atoms with Crippen LogP contribution in [0.3, 0.4) is 0 Å². The Morgan fingerprint density at radius 1 is 1.35 bits per heavy atom. The normalized spacial score (nSPS) is 14.9. The number of nitrogens with zero attached hydrogens (tertiary/aromatic N) is 2. The second kappa shape index (κ2) is 8.29. The van der Waals surface area contributed by atoms with Gasteiger partial charge in [0.25, 0.3) is 0 Å². The molecule has 7 heteroatoms. The lowest BCUT2D eigenvalue weighted by Crippen LogP contribution is -2.49. The summed E-state index contributed by atoms with van der Waals surface area (Å²) in [5.74, 6) is -0.295. The molecule has 1 amide bonds. The first-order valence-corrected chi connectivity index (χ1v) is 7.93. The highest BCUT2D eigenvalue weighted by atomic mass is 35.5. The van der Waals surface area contributed by atoms with Crippen molar-refractivity contribution in [2.24, 2.45) is 0 Å². The van der Waals surface area contributed by atoms with Crippen LogP contribution in [-0.2, 0) is 16.1 Å². The number of esters is 1. The van der Waals surface area contributed by atoms with Gasteiger partial charge in [0, 0.05) is 37.7 Å². The predicted molar refractivity (Wildman–Crippen MR) is 88.6 cm³/mol. The fourth-order valence-corrected chi connectivity index (χ4v) is 2.71.